The summed E-state index contributed by atoms with van der Waals surface area (Å²) >= 11 is 3.35. The second-order valence-electron chi connectivity index (χ2n) is 5.00. The van der Waals surface area contributed by atoms with E-state index in [1.54, 1.807) is 6.07 Å². The van der Waals surface area contributed by atoms with Crippen molar-refractivity contribution in [1.82, 2.24) is 5.32 Å². The summed E-state index contributed by atoms with van der Waals surface area (Å²) < 4.78 is 14.3. The van der Waals surface area contributed by atoms with Crippen molar-refractivity contribution in [2.24, 2.45) is 0 Å². The Hall–Kier alpha value is -1.19. The van der Waals surface area contributed by atoms with Gasteiger partial charge in [0.15, 0.2) is 0 Å². The van der Waals surface area contributed by atoms with E-state index in [4.69, 9.17) is 0 Å². The van der Waals surface area contributed by atoms with Gasteiger partial charge in [-0.3, -0.25) is 0 Å². The molecule has 3 heteroatoms. The normalized spacial score (nSPS) is 12.4. The molecule has 0 radical (unpaired) electrons. The predicted molar refractivity (Wildman–Crippen MR) is 85.4 cm³/mol. The summed E-state index contributed by atoms with van der Waals surface area (Å²) in [6.45, 7) is 5.05. The Bertz CT molecular complexity index is 545. The summed E-state index contributed by atoms with van der Waals surface area (Å²) in [5, 5.41) is 3.47. The van der Waals surface area contributed by atoms with Crippen LogP contribution in [-0.2, 0) is 6.42 Å². The molecule has 1 nitrogen and oxygen atoms in total. The van der Waals surface area contributed by atoms with Crippen molar-refractivity contribution in [2.45, 2.75) is 26.3 Å². The fourth-order valence-corrected chi connectivity index (χ4v) is 2.83. The van der Waals surface area contributed by atoms with E-state index < -0.39 is 0 Å². The van der Waals surface area contributed by atoms with E-state index in [-0.39, 0.29) is 11.9 Å². The Labute approximate surface area is 128 Å². The molecule has 0 fully saturated rings. The lowest BCUT2D eigenvalue weighted by molar-refractivity contribution is 0.546. The molecule has 0 bridgehead atoms. The molecule has 0 heterocycles. The molecule has 2 aromatic rings. The summed E-state index contributed by atoms with van der Waals surface area (Å²) in [6.07, 6.45) is 0.771. The van der Waals surface area contributed by atoms with Gasteiger partial charge < -0.3 is 5.32 Å². The lowest BCUT2D eigenvalue weighted by atomic mass is 9.98. The first-order valence-electron chi connectivity index (χ1n) is 6.83. The number of nitrogens with one attached hydrogen (secondary N) is 1. The molecular weight excluding hydrogens is 317 g/mol. The maximum Gasteiger partial charge on any atom is 0.124 e. The highest BCUT2D eigenvalue weighted by Gasteiger charge is 2.12. The Morgan fingerprint density at radius 2 is 1.85 bits per heavy atom. The monoisotopic (exact) mass is 335 g/mol. The van der Waals surface area contributed by atoms with Gasteiger partial charge in [-0.05, 0) is 49.2 Å². The van der Waals surface area contributed by atoms with Crippen LogP contribution in [0.1, 0.15) is 29.7 Å². The molecule has 2 aromatic carbocycles. The Balaban J connectivity index is 2.22. The predicted octanol–water partition coefficient (Wildman–Crippen LogP) is 4.79. The van der Waals surface area contributed by atoms with Crippen LogP contribution in [0.15, 0.2) is 46.9 Å². The van der Waals surface area contributed by atoms with E-state index in [1.165, 1.54) is 17.2 Å². The molecule has 0 aliphatic rings. The number of benzene rings is 2. The van der Waals surface area contributed by atoms with Gasteiger partial charge in [0.25, 0.3) is 0 Å². The maximum absolute atomic E-state index is 13.5. The Morgan fingerprint density at radius 1 is 1.15 bits per heavy atom. The fraction of sp³-hybridized carbons (Fsp3) is 0.294. The zero-order valence-corrected chi connectivity index (χ0v) is 13.4. The van der Waals surface area contributed by atoms with E-state index in [0.717, 1.165) is 23.0 Å². The van der Waals surface area contributed by atoms with E-state index in [9.17, 15) is 4.39 Å². The van der Waals surface area contributed by atoms with Crippen LogP contribution in [0.25, 0.3) is 0 Å². The van der Waals surface area contributed by atoms with Crippen molar-refractivity contribution in [3.63, 3.8) is 0 Å². The van der Waals surface area contributed by atoms with Crippen molar-refractivity contribution >= 4 is 15.9 Å². The molecule has 0 amide bonds. The topological polar surface area (TPSA) is 12.0 Å². The molecule has 1 unspecified atom stereocenters. The lowest BCUT2D eigenvalue weighted by Gasteiger charge is -2.19. The van der Waals surface area contributed by atoms with Crippen LogP contribution in [0.4, 0.5) is 4.39 Å². The zero-order chi connectivity index (χ0) is 14.5. The van der Waals surface area contributed by atoms with Crippen LogP contribution in [0, 0.1) is 12.7 Å². The lowest BCUT2D eigenvalue weighted by Crippen LogP contribution is -2.23. The van der Waals surface area contributed by atoms with Crippen molar-refractivity contribution in [1.29, 1.82) is 0 Å². The molecule has 0 aromatic heterocycles. The molecule has 0 aliphatic heterocycles. The minimum atomic E-state index is -0.200. The number of hydrogen-bond donors (Lipinski definition) is 1. The van der Waals surface area contributed by atoms with Crippen LogP contribution in [0.3, 0.4) is 0 Å². The standard InChI is InChI=1S/C17H19BrFN/c1-3-20-17(14-6-4-12(2)5-7-14)10-13-8-15(18)11-16(19)9-13/h4-9,11,17,20H,3,10H2,1-2H3. The third kappa shape index (κ3) is 4.15. The molecule has 2 rings (SSSR count). The minimum absolute atomic E-state index is 0.200. The summed E-state index contributed by atoms with van der Waals surface area (Å²) in [6, 6.07) is 13.8. The average Bonchev–Trinajstić information content (AvgIpc) is 2.38. The van der Waals surface area contributed by atoms with Gasteiger partial charge in [0, 0.05) is 10.5 Å². The van der Waals surface area contributed by atoms with Gasteiger partial charge in [0.1, 0.15) is 5.82 Å². The van der Waals surface area contributed by atoms with E-state index in [2.05, 4.69) is 59.4 Å². The van der Waals surface area contributed by atoms with Gasteiger partial charge in [-0.15, -0.1) is 0 Å². The molecule has 106 valence electrons. The quantitative estimate of drug-likeness (QED) is 0.828. The summed E-state index contributed by atoms with van der Waals surface area (Å²) in [5.41, 5.74) is 3.47. The van der Waals surface area contributed by atoms with Crippen LogP contribution >= 0.6 is 15.9 Å². The van der Waals surface area contributed by atoms with Crippen molar-refractivity contribution in [3.05, 3.63) is 69.4 Å². The highest BCUT2D eigenvalue weighted by atomic mass is 79.9. The highest BCUT2D eigenvalue weighted by molar-refractivity contribution is 9.10. The van der Waals surface area contributed by atoms with Crippen LogP contribution in [0.5, 0.6) is 0 Å². The first-order valence-corrected chi connectivity index (χ1v) is 7.62. The van der Waals surface area contributed by atoms with E-state index in [1.807, 2.05) is 6.07 Å². The van der Waals surface area contributed by atoms with Gasteiger partial charge in [0.2, 0.25) is 0 Å². The smallest absolute Gasteiger partial charge is 0.124 e. The number of halogens is 2. The minimum Gasteiger partial charge on any atom is -0.310 e. The SMILES string of the molecule is CCNC(Cc1cc(F)cc(Br)c1)c1ccc(C)cc1. The highest BCUT2D eigenvalue weighted by Crippen LogP contribution is 2.22. The van der Waals surface area contributed by atoms with Crippen molar-refractivity contribution < 1.29 is 4.39 Å². The maximum atomic E-state index is 13.5. The molecule has 0 spiro atoms. The van der Waals surface area contributed by atoms with Crippen molar-refractivity contribution in [2.75, 3.05) is 6.54 Å². The second-order valence-corrected chi connectivity index (χ2v) is 5.92. The second kappa shape index (κ2) is 7.00. The third-order valence-electron chi connectivity index (χ3n) is 3.29. The first kappa shape index (κ1) is 15.2. The molecule has 0 saturated heterocycles. The van der Waals surface area contributed by atoms with Gasteiger partial charge in [0.05, 0.1) is 0 Å². The molecule has 0 saturated carbocycles. The van der Waals surface area contributed by atoms with Gasteiger partial charge in [-0.1, -0.05) is 52.7 Å². The Morgan fingerprint density at radius 3 is 2.45 bits per heavy atom. The van der Waals surface area contributed by atoms with Gasteiger partial charge >= 0.3 is 0 Å². The van der Waals surface area contributed by atoms with E-state index in [0.29, 0.717) is 0 Å². The fourth-order valence-electron chi connectivity index (χ4n) is 2.32. The summed E-state index contributed by atoms with van der Waals surface area (Å²) in [4.78, 5) is 0. The first-order chi connectivity index (χ1) is 9.58. The average molecular weight is 336 g/mol. The van der Waals surface area contributed by atoms with Crippen LogP contribution in [-0.4, -0.2) is 6.54 Å². The number of likely N-dealkylation sites (N-methyl/N-ethyl adjacent to an activating group) is 1. The molecule has 20 heavy (non-hydrogen) atoms. The van der Waals surface area contributed by atoms with Crippen LogP contribution < -0.4 is 5.32 Å². The van der Waals surface area contributed by atoms with E-state index >= 15 is 0 Å². The Kier molecular flexibility index (Phi) is 5.32. The zero-order valence-electron chi connectivity index (χ0n) is 11.8. The third-order valence-corrected chi connectivity index (χ3v) is 3.75. The summed E-state index contributed by atoms with van der Waals surface area (Å²) in [7, 11) is 0. The van der Waals surface area contributed by atoms with Gasteiger partial charge in [-0.2, -0.15) is 0 Å². The summed E-state index contributed by atoms with van der Waals surface area (Å²) in [5.74, 6) is -0.200. The molecule has 0 aliphatic carbocycles. The largest absolute Gasteiger partial charge is 0.310 e. The number of aryl methyl sites for hydroxylation is 1. The molecule has 1 atom stereocenters. The number of rotatable bonds is 5. The van der Waals surface area contributed by atoms with Crippen LogP contribution in [0.2, 0.25) is 0 Å². The van der Waals surface area contributed by atoms with Gasteiger partial charge in [-0.25, -0.2) is 4.39 Å². The molecule has 1 N–H and O–H groups in total. The number of hydrogen-bond acceptors (Lipinski definition) is 1. The molecular formula is C17H19BrFN. The van der Waals surface area contributed by atoms with Crippen molar-refractivity contribution in [3.8, 4) is 0 Å².